The van der Waals surface area contributed by atoms with E-state index in [4.69, 9.17) is 0 Å². The Morgan fingerprint density at radius 2 is 1.48 bits per heavy atom. The Morgan fingerprint density at radius 1 is 0.758 bits per heavy atom. The van der Waals surface area contributed by atoms with Gasteiger partial charge in [-0.1, -0.05) is 60.7 Å². The quantitative estimate of drug-likeness (QED) is 0.286. The van der Waals surface area contributed by atoms with Crippen LogP contribution in [0.4, 0.5) is 17.1 Å². The molecule has 0 unspecified atom stereocenters. The predicted molar refractivity (Wildman–Crippen MR) is 133 cm³/mol. The maximum atomic E-state index is 12.7. The third-order valence-corrected chi connectivity index (χ3v) is 5.59. The number of nitrogens with zero attached hydrogens (tertiary/aromatic N) is 2. The zero-order chi connectivity index (χ0) is 22.8. The van der Waals surface area contributed by atoms with E-state index in [-0.39, 0.29) is 11.7 Å². The molecule has 0 aliphatic rings. The number of aromatic hydroxyl groups is 1. The molecule has 5 rings (SSSR count). The SMILES string of the molecule is Cc1cc2cccc(NC(=O)c3ccccc3)c2c(O)c1N=Nc1ccc2ccccc2c1. The van der Waals surface area contributed by atoms with E-state index < -0.39 is 0 Å². The molecule has 0 saturated heterocycles. The van der Waals surface area contributed by atoms with Crippen LogP contribution in [0.2, 0.25) is 0 Å². The van der Waals surface area contributed by atoms with Crippen LogP contribution in [0.1, 0.15) is 15.9 Å². The van der Waals surface area contributed by atoms with Crippen LogP contribution in [0.5, 0.6) is 5.75 Å². The Kier molecular flexibility index (Phi) is 5.29. The minimum Gasteiger partial charge on any atom is -0.505 e. The lowest BCUT2D eigenvalue weighted by Crippen LogP contribution is -2.11. The Morgan fingerprint density at radius 3 is 2.30 bits per heavy atom. The number of anilines is 1. The molecule has 0 aliphatic heterocycles. The first-order chi connectivity index (χ1) is 16.1. The summed E-state index contributed by atoms with van der Waals surface area (Å²) in [6, 6.07) is 30.3. The zero-order valence-corrected chi connectivity index (χ0v) is 18.0. The number of carbonyl (C=O) groups is 1. The van der Waals surface area contributed by atoms with Crippen molar-refractivity contribution in [3.63, 3.8) is 0 Å². The van der Waals surface area contributed by atoms with Crippen LogP contribution in [0, 0.1) is 6.92 Å². The van der Waals surface area contributed by atoms with Crippen LogP contribution < -0.4 is 5.32 Å². The van der Waals surface area contributed by atoms with E-state index in [1.54, 1.807) is 18.2 Å². The molecule has 0 aromatic heterocycles. The molecule has 2 N–H and O–H groups in total. The Bertz CT molecular complexity index is 1530. The molecule has 5 aromatic carbocycles. The first kappa shape index (κ1) is 20.4. The number of azo groups is 1. The monoisotopic (exact) mass is 431 g/mol. The maximum Gasteiger partial charge on any atom is 0.255 e. The molecule has 0 fully saturated rings. The van der Waals surface area contributed by atoms with Crippen molar-refractivity contribution in [3.05, 3.63) is 108 Å². The summed E-state index contributed by atoms with van der Waals surface area (Å²) >= 11 is 0. The molecule has 160 valence electrons. The smallest absolute Gasteiger partial charge is 0.255 e. The van der Waals surface area contributed by atoms with Gasteiger partial charge in [-0.25, -0.2) is 0 Å². The van der Waals surface area contributed by atoms with E-state index in [0.29, 0.717) is 28.0 Å². The number of phenols is 1. The number of hydrogen-bond donors (Lipinski definition) is 2. The van der Waals surface area contributed by atoms with Gasteiger partial charge < -0.3 is 10.4 Å². The fourth-order valence-electron chi connectivity index (χ4n) is 3.92. The average molecular weight is 431 g/mol. The fourth-order valence-corrected chi connectivity index (χ4v) is 3.92. The van der Waals surface area contributed by atoms with E-state index in [1.807, 2.05) is 85.8 Å². The molecular formula is C28H21N3O2. The number of phenolic OH excluding ortho intramolecular Hbond substituents is 1. The van der Waals surface area contributed by atoms with Crippen molar-refractivity contribution in [1.82, 2.24) is 0 Å². The summed E-state index contributed by atoms with van der Waals surface area (Å²) in [5, 5.41) is 26.3. The van der Waals surface area contributed by atoms with Crippen molar-refractivity contribution in [1.29, 1.82) is 0 Å². The highest BCUT2D eigenvalue weighted by molar-refractivity contribution is 6.11. The molecule has 0 bridgehead atoms. The lowest BCUT2D eigenvalue weighted by atomic mass is 10.0. The summed E-state index contributed by atoms with van der Waals surface area (Å²) in [6.07, 6.45) is 0. The third-order valence-electron chi connectivity index (χ3n) is 5.59. The van der Waals surface area contributed by atoms with Crippen LogP contribution in [0.3, 0.4) is 0 Å². The Labute approximate surface area is 191 Å². The second kappa shape index (κ2) is 8.55. The highest BCUT2D eigenvalue weighted by Gasteiger charge is 2.15. The van der Waals surface area contributed by atoms with Gasteiger partial charge in [-0.2, -0.15) is 5.11 Å². The summed E-state index contributed by atoms with van der Waals surface area (Å²) < 4.78 is 0. The largest absolute Gasteiger partial charge is 0.505 e. The van der Waals surface area contributed by atoms with Crippen molar-refractivity contribution in [2.75, 3.05) is 5.32 Å². The third kappa shape index (κ3) is 4.04. The average Bonchev–Trinajstić information content (AvgIpc) is 2.84. The molecule has 0 aliphatic carbocycles. The number of aryl methyl sites for hydroxylation is 1. The molecule has 0 saturated carbocycles. The normalized spacial score (nSPS) is 11.3. The number of carbonyl (C=O) groups excluding carboxylic acids is 1. The van der Waals surface area contributed by atoms with Crippen LogP contribution >= 0.6 is 0 Å². The van der Waals surface area contributed by atoms with Gasteiger partial charge in [0.1, 0.15) is 5.69 Å². The molecule has 33 heavy (non-hydrogen) atoms. The van der Waals surface area contributed by atoms with E-state index >= 15 is 0 Å². The summed E-state index contributed by atoms with van der Waals surface area (Å²) in [7, 11) is 0. The fraction of sp³-hybridized carbons (Fsp3) is 0.0357. The van der Waals surface area contributed by atoms with Gasteiger partial charge in [-0.05, 0) is 65.0 Å². The summed E-state index contributed by atoms with van der Waals surface area (Å²) in [5.74, 6) is -0.263. The molecule has 5 aromatic rings. The standard InChI is InChI=1S/C28H21N3O2/c1-18-16-22-12-7-13-24(29-28(33)20-9-3-2-4-10-20)25(22)27(32)26(18)31-30-23-15-14-19-8-5-6-11-21(19)17-23/h2-17,32H,1H3,(H,29,33). The van der Waals surface area contributed by atoms with Gasteiger partial charge in [0.15, 0.2) is 5.75 Å². The summed E-state index contributed by atoms with van der Waals surface area (Å²) in [6.45, 7) is 1.88. The zero-order valence-electron chi connectivity index (χ0n) is 18.0. The van der Waals surface area contributed by atoms with E-state index in [9.17, 15) is 9.90 Å². The van der Waals surface area contributed by atoms with Gasteiger partial charge in [-0.15, -0.1) is 5.11 Å². The number of rotatable bonds is 4. The van der Waals surface area contributed by atoms with Crippen LogP contribution in [-0.2, 0) is 0 Å². The van der Waals surface area contributed by atoms with Crippen molar-refractivity contribution < 1.29 is 9.90 Å². The van der Waals surface area contributed by atoms with Crippen molar-refractivity contribution in [3.8, 4) is 5.75 Å². The minimum atomic E-state index is -0.248. The van der Waals surface area contributed by atoms with Crippen molar-refractivity contribution >= 4 is 44.5 Å². The van der Waals surface area contributed by atoms with Gasteiger partial charge in [0.25, 0.3) is 5.91 Å². The molecule has 0 atom stereocenters. The van der Waals surface area contributed by atoms with Crippen LogP contribution in [0.15, 0.2) is 107 Å². The van der Waals surface area contributed by atoms with Crippen LogP contribution in [0.25, 0.3) is 21.5 Å². The van der Waals surface area contributed by atoms with E-state index in [1.165, 1.54) is 0 Å². The molecule has 5 heteroatoms. The molecular weight excluding hydrogens is 410 g/mol. The van der Waals surface area contributed by atoms with Gasteiger partial charge in [0.05, 0.1) is 11.4 Å². The summed E-state index contributed by atoms with van der Waals surface area (Å²) in [4.78, 5) is 12.7. The molecule has 0 radical (unpaired) electrons. The summed E-state index contributed by atoms with van der Waals surface area (Å²) in [5.41, 5.74) is 2.91. The van der Waals surface area contributed by atoms with E-state index in [0.717, 1.165) is 21.7 Å². The van der Waals surface area contributed by atoms with Gasteiger partial charge >= 0.3 is 0 Å². The van der Waals surface area contributed by atoms with Crippen molar-refractivity contribution in [2.45, 2.75) is 6.92 Å². The second-order valence-electron chi connectivity index (χ2n) is 7.85. The maximum absolute atomic E-state index is 12.7. The van der Waals surface area contributed by atoms with E-state index in [2.05, 4.69) is 15.5 Å². The molecule has 0 spiro atoms. The predicted octanol–water partition coefficient (Wildman–Crippen LogP) is 7.67. The lowest BCUT2D eigenvalue weighted by Gasteiger charge is -2.13. The van der Waals surface area contributed by atoms with Gasteiger partial charge in [0.2, 0.25) is 0 Å². The topological polar surface area (TPSA) is 74.0 Å². The molecule has 5 nitrogen and oxygen atoms in total. The Hall–Kier alpha value is -4.51. The highest BCUT2D eigenvalue weighted by atomic mass is 16.3. The van der Waals surface area contributed by atoms with Gasteiger partial charge in [0, 0.05) is 10.9 Å². The highest BCUT2D eigenvalue weighted by Crippen LogP contribution is 2.42. The second-order valence-corrected chi connectivity index (χ2v) is 7.85. The minimum absolute atomic E-state index is 0.0153. The first-order valence-electron chi connectivity index (χ1n) is 10.6. The van der Waals surface area contributed by atoms with Crippen molar-refractivity contribution in [2.24, 2.45) is 10.2 Å². The van der Waals surface area contributed by atoms with Gasteiger partial charge in [-0.3, -0.25) is 4.79 Å². The number of nitrogens with one attached hydrogen (secondary N) is 1. The molecule has 0 heterocycles. The number of hydrogen-bond acceptors (Lipinski definition) is 4. The molecule has 1 amide bonds. The van der Waals surface area contributed by atoms with Crippen LogP contribution in [-0.4, -0.2) is 11.0 Å². The lowest BCUT2D eigenvalue weighted by molar-refractivity contribution is 0.102. The number of fused-ring (bicyclic) bond motifs is 2. The first-order valence-corrected chi connectivity index (χ1v) is 10.6. The number of amides is 1. The number of benzene rings is 5. The Balaban J connectivity index is 1.54.